The molecule has 0 spiro atoms. The van der Waals surface area contributed by atoms with Gasteiger partial charge in [0.2, 0.25) is 11.8 Å². The number of nitrogens with one attached hydrogen (secondary N) is 1. The monoisotopic (exact) mass is 447 g/mol. The van der Waals surface area contributed by atoms with E-state index in [0.717, 1.165) is 16.7 Å². The number of nitrogens with zero attached hydrogens (tertiary/aromatic N) is 2. The lowest BCUT2D eigenvalue weighted by Crippen LogP contribution is -2.20. The lowest BCUT2D eigenvalue weighted by Gasteiger charge is -2.16. The summed E-state index contributed by atoms with van der Waals surface area (Å²) >= 11 is 0. The standard InChI is InChI=1S/C19H12F7N3O2/c1-9-4-11(31-19(24,25)26)2-3-15(9)27-18-28-17(30)14(22)8-29(18)7-10-5-12(20)16(23)13(21)6-10/h2-6,8H,7H2,1H3,(H,27,28,30). The number of aryl methyl sites for hydroxylation is 1. The predicted molar refractivity (Wildman–Crippen MR) is 95.0 cm³/mol. The third-order valence-corrected chi connectivity index (χ3v) is 4.03. The average molecular weight is 447 g/mol. The Morgan fingerprint density at radius 3 is 2.26 bits per heavy atom. The average Bonchev–Trinajstić information content (AvgIpc) is 2.64. The molecule has 0 amide bonds. The number of aromatic nitrogens is 2. The zero-order valence-electron chi connectivity index (χ0n) is 15.5. The second kappa shape index (κ2) is 8.28. The molecule has 0 aliphatic carbocycles. The Hall–Kier alpha value is -3.57. The Bertz CT molecular complexity index is 1170. The summed E-state index contributed by atoms with van der Waals surface area (Å²) in [6.45, 7) is 1.03. The summed E-state index contributed by atoms with van der Waals surface area (Å²) < 4.78 is 95.7. The first-order chi connectivity index (χ1) is 14.4. The highest BCUT2D eigenvalue weighted by Gasteiger charge is 2.31. The van der Waals surface area contributed by atoms with Crippen molar-refractivity contribution in [3.8, 4) is 5.75 Å². The van der Waals surface area contributed by atoms with E-state index >= 15 is 0 Å². The fourth-order valence-corrected chi connectivity index (χ4v) is 2.68. The summed E-state index contributed by atoms with van der Waals surface area (Å²) in [7, 11) is 0. The summed E-state index contributed by atoms with van der Waals surface area (Å²) in [6, 6.07) is 4.64. The Labute approximate surface area is 169 Å². The van der Waals surface area contributed by atoms with Gasteiger partial charge in [0, 0.05) is 11.9 Å². The first-order valence-corrected chi connectivity index (χ1v) is 8.47. The summed E-state index contributed by atoms with van der Waals surface area (Å²) in [5.74, 6) is -6.63. The fraction of sp³-hybridized carbons (Fsp3) is 0.158. The first-order valence-electron chi connectivity index (χ1n) is 8.47. The van der Waals surface area contributed by atoms with Crippen LogP contribution in [0.1, 0.15) is 11.1 Å². The number of rotatable bonds is 5. The molecule has 5 nitrogen and oxygen atoms in total. The van der Waals surface area contributed by atoms with Gasteiger partial charge in [0.05, 0.1) is 6.54 Å². The van der Waals surface area contributed by atoms with E-state index in [-0.39, 0.29) is 22.8 Å². The van der Waals surface area contributed by atoms with Crippen molar-refractivity contribution in [2.75, 3.05) is 5.32 Å². The predicted octanol–water partition coefficient (Wildman–Crippen LogP) is 4.80. The molecule has 3 aromatic rings. The van der Waals surface area contributed by atoms with E-state index in [4.69, 9.17) is 0 Å². The number of hydrogen-bond donors (Lipinski definition) is 1. The quantitative estimate of drug-likeness (QED) is 0.451. The molecule has 0 bridgehead atoms. The highest BCUT2D eigenvalue weighted by molar-refractivity contribution is 5.60. The van der Waals surface area contributed by atoms with E-state index in [0.29, 0.717) is 18.3 Å². The Morgan fingerprint density at radius 1 is 1.03 bits per heavy atom. The van der Waals surface area contributed by atoms with Crippen LogP contribution in [0, 0.1) is 30.2 Å². The lowest BCUT2D eigenvalue weighted by atomic mass is 10.2. The van der Waals surface area contributed by atoms with E-state index in [1.807, 2.05) is 0 Å². The molecule has 0 radical (unpaired) electrons. The van der Waals surface area contributed by atoms with Crippen LogP contribution in [0.5, 0.6) is 5.75 Å². The fourth-order valence-electron chi connectivity index (χ4n) is 2.68. The Balaban J connectivity index is 1.95. The maximum atomic E-state index is 13.8. The summed E-state index contributed by atoms with van der Waals surface area (Å²) in [6.07, 6.45) is -4.17. The molecule has 1 heterocycles. The minimum absolute atomic E-state index is 0.102. The molecule has 3 rings (SSSR count). The molecular weight excluding hydrogens is 435 g/mol. The maximum absolute atomic E-state index is 13.8. The van der Waals surface area contributed by atoms with Crippen molar-refractivity contribution in [3.05, 3.63) is 81.3 Å². The van der Waals surface area contributed by atoms with Gasteiger partial charge in [-0.2, -0.15) is 9.37 Å². The molecule has 31 heavy (non-hydrogen) atoms. The van der Waals surface area contributed by atoms with Gasteiger partial charge in [-0.3, -0.25) is 4.79 Å². The largest absolute Gasteiger partial charge is 0.573 e. The van der Waals surface area contributed by atoms with E-state index in [9.17, 15) is 35.5 Å². The van der Waals surface area contributed by atoms with E-state index < -0.39 is 47.5 Å². The van der Waals surface area contributed by atoms with Gasteiger partial charge < -0.3 is 14.6 Å². The van der Waals surface area contributed by atoms with Crippen LogP contribution < -0.4 is 15.6 Å². The van der Waals surface area contributed by atoms with E-state index in [1.54, 1.807) is 0 Å². The van der Waals surface area contributed by atoms with Crippen LogP contribution in [0.4, 0.5) is 42.4 Å². The van der Waals surface area contributed by atoms with Gasteiger partial charge in [-0.15, -0.1) is 13.2 Å². The molecule has 0 aliphatic rings. The summed E-state index contributed by atoms with van der Waals surface area (Å²) in [4.78, 5) is 15.1. The van der Waals surface area contributed by atoms with Crippen LogP contribution in [-0.4, -0.2) is 15.9 Å². The normalized spacial score (nSPS) is 11.5. The van der Waals surface area contributed by atoms with Gasteiger partial charge in [0.25, 0.3) is 0 Å². The maximum Gasteiger partial charge on any atom is 0.573 e. The highest BCUT2D eigenvalue weighted by atomic mass is 19.4. The molecule has 1 aromatic heterocycles. The summed E-state index contributed by atoms with van der Waals surface area (Å²) in [5, 5.41) is 2.65. The number of halogens is 7. The smallest absolute Gasteiger partial charge is 0.406 e. The molecule has 12 heteroatoms. The number of benzene rings is 2. The zero-order chi connectivity index (χ0) is 22.9. The first kappa shape index (κ1) is 22.1. The third kappa shape index (κ3) is 5.32. The molecule has 0 saturated heterocycles. The van der Waals surface area contributed by atoms with Crippen LogP contribution in [0.25, 0.3) is 0 Å². The molecule has 164 valence electrons. The second-order valence-corrected chi connectivity index (χ2v) is 6.37. The molecule has 1 N–H and O–H groups in total. The molecule has 0 atom stereocenters. The van der Waals surface area contributed by atoms with E-state index in [2.05, 4.69) is 15.0 Å². The van der Waals surface area contributed by atoms with E-state index in [1.165, 1.54) is 13.0 Å². The van der Waals surface area contributed by atoms with Crippen molar-refractivity contribution < 1.29 is 35.5 Å². The third-order valence-electron chi connectivity index (χ3n) is 4.03. The molecule has 0 saturated carbocycles. The lowest BCUT2D eigenvalue weighted by molar-refractivity contribution is -0.274. The summed E-state index contributed by atoms with van der Waals surface area (Å²) in [5.41, 5.74) is -0.899. The highest BCUT2D eigenvalue weighted by Crippen LogP contribution is 2.28. The van der Waals surface area contributed by atoms with Gasteiger partial charge in [-0.05, 0) is 48.4 Å². The van der Waals surface area contributed by atoms with Crippen molar-refractivity contribution in [2.45, 2.75) is 19.8 Å². The van der Waals surface area contributed by atoms with Gasteiger partial charge in [0.15, 0.2) is 17.5 Å². The van der Waals surface area contributed by atoms with Crippen LogP contribution in [0.2, 0.25) is 0 Å². The van der Waals surface area contributed by atoms with Crippen LogP contribution >= 0.6 is 0 Å². The van der Waals surface area contributed by atoms with Crippen molar-refractivity contribution in [3.63, 3.8) is 0 Å². The van der Waals surface area contributed by atoms with Crippen molar-refractivity contribution in [2.24, 2.45) is 0 Å². The molecule has 2 aromatic carbocycles. The van der Waals surface area contributed by atoms with Crippen LogP contribution in [-0.2, 0) is 6.54 Å². The zero-order valence-corrected chi connectivity index (χ0v) is 15.5. The molecule has 0 fully saturated rings. The number of alkyl halides is 3. The van der Waals surface area contributed by atoms with Gasteiger partial charge >= 0.3 is 11.9 Å². The molecule has 0 unspecified atom stereocenters. The number of anilines is 2. The number of ether oxygens (including phenoxy) is 1. The topological polar surface area (TPSA) is 56.1 Å². The van der Waals surface area contributed by atoms with Gasteiger partial charge in [-0.1, -0.05) is 0 Å². The van der Waals surface area contributed by atoms with Gasteiger partial charge in [-0.25, -0.2) is 13.2 Å². The minimum Gasteiger partial charge on any atom is -0.406 e. The van der Waals surface area contributed by atoms with Crippen LogP contribution in [0.3, 0.4) is 0 Å². The molecular formula is C19H12F7N3O2. The Kier molecular flexibility index (Phi) is 5.91. The van der Waals surface area contributed by atoms with Gasteiger partial charge in [0.1, 0.15) is 5.75 Å². The van der Waals surface area contributed by atoms with Crippen molar-refractivity contribution in [1.29, 1.82) is 0 Å². The Morgan fingerprint density at radius 2 is 1.68 bits per heavy atom. The minimum atomic E-state index is -4.89. The second-order valence-electron chi connectivity index (χ2n) is 6.37. The SMILES string of the molecule is Cc1cc(OC(F)(F)F)ccc1Nc1nc(=O)c(F)cn1Cc1cc(F)c(F)c(F)c1. The van der Waals surface area contributed by atoms with Crippen molar-refractivity contribution >= 4 is 11.6 Å². The number of hydrogen-bond acceptors (Lipinski definition) is 4. The molecule has 0 aliphatic heterocycles. The van der Waals surface area contributed by atoms with Crippen LogP contribution in [0.15, 0.2) is 41.3 Å². The van der Waals surface area contributed by atoms with Crippen molar-refractivity contribution in [1.82, 2.24) is 9.55 Å².